The van der Waals surface area contributed by atoms with Crippen LogP contribution in [0, 0.1) is 0 Å². The second-order valence-electron chi connectivity index (χ2n) is 4.93. The highest BCUT2D eigenvalue weighted by Gasteiger charge is 2.38. The molecule has 20 heavy (non-hydrogen) atoms. The van der Waals surface area contributed by atoms with Gasteiger partial charge in [-0.2, -0.15) is 0 Å². The second kappa shape index (κ2) is 5.70. The third-order valence-corrected chi connectivity index (χ3v) is 4.57. The molecule has 0 radical (unpaired) electrons. The zero-order chi connectivity index (χ0) is 13.9. The number of piperazine rings is 1. The monoisotopic (exact) mass is 295 g/mol. The lowest BCUT2D eigenvalue weighted by Crippen LogP contribution is -2.56. The Hall–Kier alpha value is -1.76. The van der Waals surface area contributed by atoms with E-state index in [4.69, 9.17) is 4.74 Å². The molecule has 2 aliphatic heterocycles. The van der Waals surface area contributed by atoms with E-state index < -0.39 is 0 Å². The first-order chi connectivity index (χ1) is 9.74. The Kier molecular flexibility index (Phi) is 3.77. The Morgan fingerprint density at radius 3 is 3.20 bits per heavy atom. The topological polar surface area (TPSA) is 61.9 Å². The first-order valence-corrected chi connectivity index (χ1v) is 7.60. The molecular formula is C13H17N3O3S. The van der Waals surface area contributed by atoms with Crippen molar-refractivity contribution in [3.8, 4) is 0 Å². The molecule has 1 atom stereocenters. The molecule has 2 saturated heterocycles. The number of amides is 3. The van der Waals surface area contributed by atoms with Crippen LogP contribution in [-0.2, 0) is 11.2 Å². The van der Waals surface area contributed by atoms with Gasteiger partial charge in [-0.15, -0.1) is 11.3 Å². The minimum atomic E-state index is -0.257. The van der Waals surface area contributed by atoms with Gasteiger partial charge < -0.3 is 15.0 Å². The lowest BCUT2D eigenvalue weighted by atomic mass is 10.2. The van der Waals surface area contributed by atoms with Crippen LogP contribution in [0.5, 0.6) is 0 Å². The average molecular weight is 295 g/mol. The molecule has 3 amide bonds. The van der Waals surface area contributed by atoms with Crippen molar-refractivity contribution in [2.75, 3.05) is 32.8 Å². The van der Waals surface area contributed by atoms with Crippen LogP contribution in [0.15, 0.2) is 17.5 Å². The lowest BCUT2D eigenvalue weighted by Gasteiger charge is -2.35. The van der Waals surface area contributed by atoms with Crippen LogP contribution in [0.2, 0.25) is 0 Å². The van der Waals surface area contributed by atoms with Gasteiger partial charge in [-0.3, -0.25) is 4.90 Å². The van der Waals surface area contributed by atoms with Gasteiger partial charge in [0.25, 0.3) is 0 Å². The number of ether oxygens (including phenoxy) is 1. The Bertz CT molecular complexity index is 491. The fraction of sp³-hybridized carbons (Fsp3) is 0.538. The molecule has 0 saturated carbocycles. The molecule has 0 aromatic carbocycles. The molecule has 3 heterocycles. The van der Waals surface area contributed by atoms with E-state index in [0.29, 0.717) is 32.8 Å². The average Bonchev–Trinajstić information content (AvgIpc) is 3.09. The molecule has 6 nitrogen and oxygen atoms in total. The minimum absolute atomic E-state index is 0.0132. The summed E-state index contributed by atoms with van der Waals surface area (Å²) in [4.78, 5) is 28.2. The van der Waals surface area contributed by atoms with E-state index in [1.54, 1.807) is 21.1 Å². The maximum atomic E-state index is 12.1. The Morgan fingerprint density at radius 1 is 1.50 bits per heavy atom. The lowest BCUT2D eigenvalue weighted by molar-refractivity contribution is 0.127. The Labute approximate surface area is 121 Å². The molecule has 3 rings (SSSR count). The number of nitrogens with one attached hydrogen (secondary N) is 1. The van der Waals surface area contributed by atoms with E-state index in [0.717, 1.165) is 6.42 Å². The normalized spacial score (nSPS) is 21.6. The summed E-state index contributed by atoms with van der Waals surface area (Å²) in [5.74, 6) is 0. The van der Waals surface area contributed by atoms with Crippen molar-refractivity contribution in [3.05, 3.63) is 22.4 Å². The number of carbonyl (C=O) groups excluding carboxylic acids is 2. The molecule has 2 aliphatic rings. The van der Waals surface area contributed by atoms with Crippen molar-refractivity contribution >= 4 is 23.5 Å². The maximum Gasteiger partial charge on any atom is 0.410 e. The number of hydrogen-bond donors (Lipinski definition) is 1. The van der Waals surface area contributed by atoms with Crippen LogP contribution >= 0.6 is 11.3 Å². The van der Waals surface area contributed by atoms with Gasteiger partial charge in [-0.05, 0) is 17.9 Å². The summed E-state index contributed by atoms with van der Waals surface area (Å²) in [6.07, 6.45) is 0.599. The smallest absolute Gasteiger partial charge is 0.410 e. The van der Waals surface area contributed by atoms with Gasteiger partial charge in [0, 0.05) is 31.1 Å². The van der Waals surface area contributed by atoms with Crippen LogP contribution < -0.4 is 5.32 Å². The van der Waals surface area contributed by atoms with Gasteiger partial charge in [0.2, 0.25) is 0 Å². The van der Waals surface area contributed by atoms with Crippen molar-refractivity contribution in [3.63, 3.8) is 0 Å². The number of thiophene rings is 1. The zero-order valence-electron chi connectivity index (χ0n) is 11.1. The molecule has 1 aromatic rings. The predicted octanol–water partition coefficient (Wildman–Crippen LogP) is 1.14. The zero-order valence-corrected chi connectivity index (χ0v) is 11.9. The van der Waals surface area contributed by atoms with Gasteiger partial charge in [-0.25, -0.2) is 9.59 Å². The van der Waals surface area contributed by atoms with Crippen molar-refractivity contribution in [2.24, 2.45) is 0 Å². The highest BCUT2D eigenvalue weighted by Crippen LogP contribution is 2.17. The second-order valence-corrected chi connectivity index (χ2v) is 5.96. The highest BCUT2D eigenvalue weighted by molar-refractivity contribution is 7.09. The first-order valence-electron chi connectivity index (χ1n) is 6.72. The van der Waals surface area contributed by atoms with Gasteiger partial charge in [0.05, 0.1) is 6.04 Å². The SMILES string of the molecule is O=C(NCCc1cccs1)N1CCN2C(=O)OCC2C1. The molecule has 108 valence electrons. The summed E-state index contributed by atoms with van der Waals surface area (Å²) in [6.45, 7) is 2.70. The molecule has 2 fully saturated rings. The van der Waals surface area contributed by atoms with E-state index in [2.05, 4.69) is 11.4 Å². The molecule has 0 spiro atoms. The third kappa shape index (κ3) is 2.72. The number of fused-ring (bicyclic) bond motifs is 1. The minimum Gasteiger partial charge on any atom is -0.447 e. The number of hydrogen-bond acceptors (Lipinski definition) is 4. The molecule has 1 unspecified atom stereocenters. The molecule has 0 aliphatic carbocycles. The van der Waals surface area contributed by atoms with Gasteiger partial charge in [-0.1, -0.05) is 6.07 Å². The number of rotatable bonds is 3. The van der Waals surface area contributed by atoms with Crippen LogP contribution in [-0.4, -0.2) is 60.8 Å². The Balaban J connectivity index is 1.45. The van der Waals surface area contributed by atoms with Crippen LogP contribution in [0.3, 0.4) is 0 Å². The van der Waals surface area contributed by atoms with E-state index in [1.807, 2.05) is 11.4 Å². The number of carbonyl (C=O) groups is 2. The van der Waals surface area contributed by atoms with Crippen LogP contribution in [0.25, 0.3) is 0 Å². The summed E-state index contributed by atoms with van der Waals surface area (Å²) in [7, 11) is 0. The Morgan fingerprint density at radius 2 is 2.40 bits per heavy atom. The summed E-state index contributed by atoms with van der Waals surface area (Å²) in [5.41, 5.74) is 0. The quantitative estimate of drug-likeness (QED) is 0.909. The molecule has 0 bridgehead atoms. The molecular weight excluding hydrogens is 278 g/mol. The number of nitrogens with zero attached hydrogens (tertiary/aromatic N) is 2. The molecule has 7 heteroatoms. The van der Waals surface area contributed by atoms with Gasteiger partial charge in [0.15, 0.2) is 0 Å². The highest BCUT2D eigenvalue weighted by atomic mass is 32.1. The predicted molar refractivity (Wildman–Crippen MR) is 74.8 cm³/mol. The number of urea groups is 1. The van der Waals surface area contributed by atoms with E-state index in [1.165, 1.54) is 4.88 Å². The maximum absolute atomic E-state index is 12.1. The summed E-state index contributed by atoms with van der Waals surface area (Å²) >= 11 is 1.70. The van der Waals surface area contributed by atoms with Crippen molar-refractivity contribution in [1.29, 1.82) is 0 Å². The molecule has 1 aromatic heterocycles. The first kappa shape index (κ1) is 13.2. The van der Waals surface area contributed by atoms with Crippen LogP contribution in [0.4, 0.5) is 9.59 Å². The summed E-state index contributed by atoms with van der Waals surface area (Å²) in [5, 5.41) is 4.97. The van der Waals surface area contributed by atoms with Crippen molar-refractivity contribution in [1.82, 2.24) is 15.1 Å². The third-order valence-electron chi connectivity index (χ3n) is 3.63. The standard InChI is InChI=1S/C13H17N3O3S/c17-12(14-4-3-11-2-1-7-20-11)15-5-6-16-10(8-15)9-19-13(16)18/h1-2,7,10H,3-6,8-9H2,(H,14,17). The fourth-order valence-corrected chi connectivity index (χ4v) is 3.24. The van der Waals surface area contributed by atoms with E-state index in [9.17, 15) is 9.59 Å². The molecule has 1 N–H and O–H groups in total. The van der Waals surface area contributed by atoms with E-state index in [-0.39, 0.29) is 18.2 Å². The summed E-state index contributed by atoms with van der Waals surface area (Å²) in [6, 6.07) is 4.04. The van der Waals surface area contributed by atoms with Gasteiger partial charge in [0.1, 0.15) is 6.61 Å². The van der Waals surface area contributed by atoms with Crippen LogP contribution in [0.1, 0.15) is 4.88 Å². The van der Waals surface area contributed by atoms with Crippen molar-refractivity contribution in [2.45, 2.75) is 12.5 Å². The van der Waals surface area contributed by atoms with Crippen molar-refractivity contribution < 1.29 is 14.3 Å². The summed E-state index contributed by atoms with van der Waals surface area (Å²) < 4.78 is 4.99. The fourth-order valence-electron chi connectivity index (χ4n) is 2.53. The largest absolute Gasteiger partial charge is 0.447 e. The van der Waals surface area contributed by atoms with Gasteiger partial charge >= 0.3 is 12.1 Å². The number of cyclic esters (lactones) is 1. The van der Waals surface area contributed by atoms with E-state index >= 15 is 0 Å².